The number of carbonyl (C=O) groups excluding carboxylic acids is 2. The number of benzene rings is 2. The van der Waals surface area contributed by atoms with Gasteiger partial charge in [-0.25, -0.2) is 0 Å². The van der Waals surface area contributed by atoms with Crippen LogP contribution in [0.4, 0.5) is 11.4 Å². The molecule has 1 heterocycles. The van der Waals surface area contributed by atoms with Crippen molar-refractivity contribution in [1.29, 1.82) is 0 Å². The fourth-order valence-electron chi connectivity index (χ4n) is 2.63. The van der Waals surface area contributed by atoms with E-state index in [-0.39, 0.29) is 23.0 Å². The zero-order valence-electron chi connectivity index (χ0n) is 16.4. The molecule has 144 valence electrons. The monoisotopic (exact) mass is 377 g/mol. The second-order valence-corrected chi connectivity index (χ2v) is 7.65. The van der Waals surface area contributed by atoms with E-state index in [1.54, 1.807) is 37.3 Å². The molecule has 2 N–H and O–H groups in total. The zero-order chi connectivity index (χ0) is 20.3. The lowest BCUT2D eigenvalue weighted by Gasteiger charge is -2.19. The number of nitrogens with zero attached hydrogens (tertiary/aromatic N) is 1. The number of anilines is 2. The number of amides is 2. The van der Waals surface area contributed by atoms with Gasteiger partial charge in [-0.3, -0.25) is 9.59 Å². The van der Waals surface area contributed by atoms with Crippen LogP contribution in [0, 0.1) is 6.92 Å². The quantitative estimate of drug-likeness (QED) is 0.685. The Balaban J connectivity index is 1.62. The van der Waals surface area contributed by atoms with Crippen LogP contribution in [-0.4, -0.2) is 17.0 Å². The number of aryl methyl sites for hydroxylation is 1. The molecule has 0 aliphatic rings. The van der Waals surface area contributed by atoms with Crippen molar-refractivity contribution in [2.24, 2.45) is 0 Å². The van der Waals surface area contributed by atoms with Crippen LogP contribution in [0.1, 0.15) is 52.9 Å². The summed E-state index contributed by atoms with van der Waals surface area (Å²) >= 11 is 0. The van der Waals surface area contributed by atoms with Crippen LogP contribution in [0.3, 0.4) is 0 Å². The molecule has 2 amide bonds. The summed E-state index contributed by atoms with van der Waals surface area (Å²) in [5.74, 6) is -0.417. The number of hydrogen-bond acceptors (Lipinski definition) is 4. The predicted molar refractivity (Wildman–Crippen MR) is 109 cm³/mol. The molecule has 0 unspecified atom stereocenters. The third kappa shape index (κ3) is 4.65. The van der Waals surface area contributed by atoms with E-state index in [0.717, 1.165) is 0 Å². The number of nitrogens with one attached hydrogen (secondary N) is 2. The number of rotatable bonds is 4. The molecule has 0 aliphatic carbocycles. The van der Waals surface area contributed by atoms with Gasteiger partial charge >= 0.3 is 0 Å². The topological polar surface area (TPSA) is 84.2 Å². The highest BCUT2D eigenvalue weighted by atomic mass is 16.5. The third-order valence-electron chi connectivity index (χ3n) is 4.27. The molecule has 1 aromatic heterocycles. The van der Waals surface area contributed by atoms with E-state index in [2.05, 4.69) is 36.6 Å². The maximum Gasteiger partial charge on any atom is 0.294 e. The van der Waals surface area contributed by atoms with Crippen molar-refractivity contribution in [3.05, 3.63) is 77.2 Å². The maximum absolute atomic E-state index is 12.4. The van der Waals surface area contributed by atoms with E-state index in [1.807, 2.05) is 24.3 Å². The smallest absolute Gasteiger partial charge is 0.294 e. The van der Waals surface area contributed by atoms with Crippen molar-refractivity contribution in [3.8, 4) is 0 Å². The SMILES string of the molecule is Cc1cc(C(=O)Nc2ccc(NC(=O)c3ccc(C(C)(C)C)cc3)cc2)on1. The first-order chi connectivity index (χ1) is 13.2. The molecule has 0 bridgehead atoms. The molecule has 0 saturated carbocycles. The van der Waals surface area contributed by atoms with Crippen molar-refractivity contribution < 1.29 is 14.1 Å². The first kappa shape index (κ1) is 19.4. The minimum Gasteiger partial charge on any atom is -0.351 e. The Labute approximate surface area is 163 Å². The van der Waals surface area contributed by atoms with Crippen LogP contribution in [0.2, 0.25) is 0 Å². The van der Waals surface area contributed by atoms with Gasteiger partial charge in [0.25, 0.3) is 11.8 Å². The molecule has 0 aliphatic heterocycles. The summed E-state index contributed by atoms with van der Waals surface area (Å²) in [7, 11) is 0. The summed E-state index contributed by atoms with van der Waals surface area (Å²) in [4.78, 5) is 24.5. The van der Waals surface area contributed by atoms with Crippen molar-refractivity contribution >= 4 is 23.2 Å². The molecule has 0 atom stereocenters. The minimum atomic E-state index is -0.378. The summed E-state index contributed by atoms with van der Waals surface area (Å²) in [6.45, 7) is 8.14. The second-order valence-electron chi connectivity index (χ2n) is 7.65. The van der Waals surface area contributed by atoms with E-state index in [9.17, 15) is 9.59 Å². The Morgan fingerprint density at radius 1 is 0.857 bits per heavy atom. The Kier molecular flexibility index (Phi) is 5.31. The van der Waals surface area contributed by atoms with Gasteiger partial charge in [0.1, 0.15) is 0 Å². The molecule has 0 fully saturated rings. The van der Waals surface area contributed by atoms with E-state index in [1.165, 1.54) is 5.56 Å². The van der Waals surface area contributed by atoms with Crippen molar-refractivity contribution in [2.45, 2.75) is 33.1 Å². The fraction of sp³-hybridized carbons (Fsp3) is 0.227. The molecule has 3 rings (SSSR count). The highest BCUT2D eigenvalue weighted by molar-refractivity contribution is 6.05. The third-order valence-corrected chi connectivity index (χ3v) is 4.27. The molecule has 3 aromatic rings. The summed E-state index contributed by atoms with van der Waals surface area (Å²) in [6, 6.07) is 16.0. The van der Waals surface area contributed by atoms with Gasteiger partial charge in [-0.2, -0.15) is 0 Å². The van der Waals surface area contributed by atoms with Gasteiger partial charge in [0.15, 0.2) is 0 Å². The number of carbonyl (C=O) groups is 2. The average Bonchev–Trinajstić information content (AvgIpc) is 3.09. The molecule has 0 radical (unpaired) electrons. The molecule has 28 heavy (non-hydrogen) atoms. The van der Waals surface area contributed by atoms with Gasteiger partial charge < -0.3 is 15.2 Å². The first-order valence-corrected chi connectivity index (χ1v) is 8.99. The van der Waals surface area contributed by atoms with Crippen LogP contribution in [0.5, 0.6) is 0 Å². The van der Waals surface area contributed by atoms with Crippen LogP contribution in [-0.2, 0) is 5.41 Å². The molecule has 2 aromatic carbocycles. The molecule has 0 saturated heterocycles. The van der Waals surface area contributed by atoms with Gasteiger partial charge in [-0.15, -0.1) is 0 Å². The second kappa shape index (κ2) is 7.68. The normalized spacial score (nSPS) is 11.1. The summed E-state index contributed by atoms with van der Waals surface area (Å²) < 4.78 is 4.93. The Morgan fingerprint density at radius 3 is 1.86 bits per heavy atom. The largest absolute Gasteiger partial charge is 0.351 e. The predicted octanol–water partition coefficient (Wildman–Crippen LogP) is 4.79. The molecular formula is C22H23N3O3. The van der Waals surface area contributed by atoms with Crippen LogP contribution in [0.25, 0.3) is 0 Å². The molecule has 6 heteroatoms. The molecular weight excluding hydrogens is 354 g/mol. The standard InChI is InChI=1S/C22H23N3O3/c1-14-13-19(28-25-14)21(27)24-18-11-9-17(10-12-18)23-20(26)15-5-7-16(8-6-15)22(2,3)4/h5-13H,1-4H3,(H,23,26)(H,24,27). The minimum absolute atomic E-state index is 0.0413. The molecule has 0 spiro atoms. The van der Waals surface area contributed by atoms with Crippen molar-refractivity contribution in [1.82, 2.24) is 5.16 Å². The van der Waals surface area contributed by atoms with Crippen molar-refractivity contribution in [3.63, 3.8) is 0 Å². The summed E-state index contributed by atoms with van der Waals surface area (Å²) in [5, 5.41) is 9.26. The zero-order valence-corrected chi connectivity index (χ0v) is 16.4. The van der Waals surface area contributed by atoms with Gasteiger partial charge in [0.05, 0.1) is 5.69 Å². The van der Waals surface area contributed by atoms with Crippen molar-refractivity contribution in [2.75, 3.05) is 10.6 Å². The van der Waals surface area contributed by atoms with E-state index in [0.29, 0.717) is 22.6 Å². The van der Waals surface area contributed by atoms with E-state index in [4.69, 9.17) is 4.52 Å². The Bertz CT molecular complexity index is 981. The number of hydrogen-bond donors (Lipinski definition) is 2. The van der Waals surface area contributed by atoms with Gasteiger partial charge in [0, 0.05) is 23.0 Å². The van der Waals surface area contributed by atoms with E-state index < -0.39 is 0 Å². The lowest BCUT2D eigenvalue weighted by Crippen LogP contribution is -2.14. The maximum atomic E-state index is 12.4. The van der Waals surface area contributed by atoms with Crippen LogP contribution in [0.15, 0.2) is 59.1 Å². The summed E-state index contributed by atoms with van der Waals surface area (Å²) in [6.07, 6.45) is 0. The highest BCUT2D eigenvalue weighted by Gasteiger charge is 2.15. The molecule has 6 nitrogen and oxygen atoms in total. The lowest BCUT2D eigenvalue weighted by molar-refractivity contribution is 0.0986. The highest BCUT2D eigenvalue weighted by Crippen LogP contribution is 2.22. The fourth-order valence-corrected chi connectivity index (χ4v) is 2.63. The number of aromatic nitrogens is 1. The van der Waals surface area contributed by atoms with Gasteiger partial charge in [-0.05, 0) is 54.3 Å². The van der Waals surface area contributed by atoms with E-state index >= 15 is 0 Å². The average molecular weight is 377 g/mol. The summed E-state index contributed by atoms with van der Waals surface area (Å²) in [5.41, 5.74) is 3.67. The van der Waals surface area contributed by atoms with Crippen LogP contribution < -0.4 is 10.6 Å². The van der Waals surface area contributed by atoms with Gasteiger partial charge in [0.2, 0.25) is 5.76 Å². The lowest BCUT2D eigenvalue weighted by atomic mass is 9.87. The first-order valence-electron chi connectivity index (χ1n) is 8.99. The Hall–Kier alpha value is -3.41. The Morgan fingerprint density at radius 2 is 1.39 bits per heavy atom. The van der Waals surface area contributed by atoms with Gasteiger partial charge in [-0.1, -0.05) is 38.1 Å². The van der Waals surface area contributed by atoms with Crippen LogP contribution >= 0.6 is 0 Å².